The molecule has 5 nitrogen and oxygen atoms in total. The van der Waals surface area contributed by atoms with E-state index in [9.17, 15) is 9.18 Å². The van der Waals surface area contributed by atoms with Crippen LogP contribution < -0.4 is 0 Å². The number of nitrogens with zero attached hydrogens (tertiary/aromatic N) is 4. The highest BCUT2D eigenvalue weighted by molar-refractivity contribution is 6.31. The Labute approximate surface area is 187 Å². The molecule has 162 valence electrons. The second kappa shape index (κ2) is 9.20. The largest absolute Gasteiger partial charge is 0.336 e. The number of hydrogen-bond acceptors (Lipinski definition) is 3. The maximum Gasteiger partial charge on any atom is 0.253 e. The van der Waals surface area contributed by atoms with Crippen LogP contribution >= 0.6 is 11.6 Å². The third-order valence-corrected chi connectivity index (χ3v) is 6.36. The molecule has 1 aliphatic heterocycles. The van der Waals surface area contributed by atoms with Crippen LogP contribution in [0.25, 0.3) is 0 Å². The minimum Gasteiger partial charge on any atom is -0.336 e. The Morgan fingerprint density at radius 1 is 1.03 bits per heavy atom. The molecule has 0 aliphatic carbocycles. The smallest absolute Gasteiger partial charge is 0.253 e. The number of hydrogen-bond donors (Lipinski definition) is 0. The lowest BCUT2D eigenvalue weighted by Crippen LogP contribution is -2.48. The quantitative estimate of drug-likeness (QED) is 0.594. The minimum atomic E-state index is -0.179. The summed E-state index contributed by atoms with van der Waals surface area (Å²) in [6.07, 6.45) is 0. The molecule has 31 heavy (non-hydrogen) atoms. The highest BCUT2D eigenvalue weighted by Crippen LogP contribution is 2.20. The monoisotopic (exact) mass is 440 g/mol. The normalized spacial score (nSPS) is 14.8. The van der Waals surface area contributed by atoms with Gasteiger partial charge in [0.05, 0.1) is 23.0 Å². The molecular formula is C24H26ClFN4O. The molecule has 0 atom stereocenters. The molecule has 0 saturated carbocycles. The van der Waals surface area contributed by atoms with Crippen LogP contribution in [0.4, 0.5) is 4.39 Å². The van der Waals surface area contributed by atoms with Gasteiger partial charge in [0.1, 0.15) is 5.82 Å². The van der Waals surface area contributed by atoms with Gasteiger partial charge in [-0.3, -0.25) is 14.4 Å². The molecule has 2 aromatic carbocycles. The van der Waals surface area contributed by atoms with E-state index in [1.54, 1.807) is 6.07 Å². The standard InChI is InChI=1S/C24H26ClFN4O/c1-17-23(25)18(2)30(27-17)15-19-6-5-8-20(14-19)24(31)29-12-10-28(11-13-29)16-21-7-3-4-9-22(21)26/h3-9,14H,10-13,15-16H2,1-2H3. The van der Waals surface area contributed by atoms with Crippen LogP contribution in [0.1, 0.15) is 32.9 Å². The molecule has 1 aromatic heterocycles. The molecule has 3 aromatic rings. The molecule has 1 amide bonds. The number of piperazine rings is 1. The van der Waals surface area contributed by atoms with E-state index in [2.05, 4.69) is 10.00 Å². The zero-order valence-corrected chi connectivity index (χ0v) is 18.6. The summed E-state index contributed by atoms with van der Waals surface area (Å²) in [6, 6.07) is 14.5. The van der Waals surface area contributed by atoms with Gasteiger partial charge in [0.25, 0.3) is 5.91 Å². The number of rotatable bonds is 5. The number of benzene rings is 2. The zero-order chi connectivity index (χ0) is 22.0. The molecule has 1 aliphatic rings. The average molecular weight is 441 g/mol. The molecule has 4 rings (SSSR count). The maximum atomic E-state index is 13.9. The predicted molar refractivity (Wildman–Crippen MR) is 120 cm³/mol. The first-order valence-electron chi connectivity index (χ1n) is 10.5. The van der Waals surface area contributed by atoms with Gasteiger partial charge in [0, 0.05) is 43.9 Å². The third kappa shape index (κ3) is 4.81. The van der Waals surface area contributed by atoms with Gasteiger partial charge >= 0.3 is 0 Å². The van der Waals surface area contributed by atoms with Crippen molar-refractivity contribution in [2.24, 2.45) is 0 Å². The van der Waals surface area contributed by atoms with Crippen molar-refractivity contribution in [2.45, 2.75) is 26.9 Å². The van der Waals surface area contributed by atoms with Crippen LogP contribution in [0.5, 0.6) is 0 Å². The number of amides is 1. The van der Waals surface area contributed by atoms with Crippen molar-refractivity contribution in [3.05, 3.63) is 87.4 Å². The molecule has 0 unspecified atom stereocenters. The minimum absolute atomic E-state index is 0.0267. The van der Waals surface area contributed by atoms with Gasteiger partial charge in [0.2, 0.25) is 0 Å². The van der Waals surface area contributed by atoms with Crippen molar-refractivity contribution >= 4 is 17.5 Å². The van der Waals surface area contributed by atoms with Crippen LogP contribution in [0.3, 0.4) is 0 Å². The summed E-state index contributed by atoms with van der Waals surface area (Å²) >= 11 is 6.25. The lowest BCUT2D eigenvalue weighted by molar-refractivity contribution is 0.0627. The highest BCUT2D eigenvalue weighted by Gasteiger charge is 2.23. The molecule has 0 N–H and O–H groups in total. The average Bonchev–Trinajstić information content (AvgIpc) is 3.02. The molecule has 0 bridgehead atoms. The van der Waals surface area contributed by atoms with Crippen molar-refractivity contribution in [2.75, 3.05) is 26.2 Å². The van der Waals surface area contributed by atoms with Gasteiger partial charge < -0.3 is 4.90 Å². The van der Waals surface area contributed by atoms with Crippen molar-refractivity contribution in [3.63, 3.8) is 0 Å². The lowest BCUT2D eigenvalue weighted by Gasteiger charge is -2.35. The topological polar surface area (TPSA) is 41.4 Å². The Hall–Kier alpha value is -2.70. The van der Waals surface area contributed by atoms with Gasteiger partial charge in [-0.05, 0) is 37.6 Å². The Bertz CT molecular complexity index is 1090. The molecule has 0 spiro atoms. The van der Waals surface area contributed by atoms with Crippen LogP contribution in [-0.4, -0.2) is 51.7 Å². The number of carbonyl (C=O) groups is 1. The first-order chi connectivity index (χ1) is 14.9. The van der Waals surface area contributed by atoms with E-state index in [1.165, 1.54) is 6.07 Å². The summed E-state index contributed by atoms with van der Waals surface area (Å²) in [7, 11) is 0. The Morgan fingerprint density at radius 2 is 1.77 bits per heavy atom. The zero-order valence-electron chi connectivity index (χ0n) is 17.8. The van der Waals surface area contributed by atoms with Crippen molar-refractivity contribution in [1.29, 1.82) is 0 Å². The summed E-state index contributed by atoms with van der Waals surface area (Å²) in [5.41, 5.74) is 4.10. The number of aryl methyl sites for hydroxylation is 1. The lowest BCUT2D eigenvalue weighted by atomic mass is 10.1. The maximum absolute atomic E-state index is 13.9. The molecule has 0 radical (unpaired) electrons. The van der Waals surface area contributed by atoms with E-state index in [0.29, 0.717) is 42.3 Å². The third-order valence-electron chi connectivity index (χ3n) is 5.81. The van der Waals surface area contributed by atoms with E-state index >= 15 is 0 Å². The number of aromatic nitrogens is 2. The first kappa shape index (κ1) is 21.5. The second-order valence-electron chi connectivity index (χ2n) is 8.00. The molecule has 1 fully saturated rings. The van der Waals surface area contributed by atoms with Gasteiger partial charge in [-0.2, -0.15) is 5.10 Å². The van der Waals surface area contributed by atoms with Gasteiger partial charge in [-0.15, -0.1) is 0 Å². The Morgan fingerprint density at radius 3 is 2.45 bits per heavy atom. The first-order valence-corrected chi connectivity index (χ1v) is 10.8. The van der Waals surface area contributed by atoms with Crippen molar-refractivity contribution in [1.82, 2.24) is 19.6 Å². The van der Waals surface area contributed by atoms with E-state index in [1.807, 2.05) is 59.8 Å². The van der Waals surface area contributed by atoms with Crippen LogP contribution in [-0.2, 0) is 13.1 Å². The van der Waals surface area contributed by atoms with E-state index in [-0.39, 0.29) is 11.7 Å². The number of carbonyl (C=O) groups excluding carboxylic acids is 1. The van der Waals surface area contributed by atoms with Crippen molar-refractivity contribution < 1.29 is 9.18 Å². The Kier molecular flexibility index (Phi) is 6.39. The predicted octanol–water partition coefficient (Wildman–Crippen LogP) is 4.30. The molecular weight excluding hydrogens is 415 g/mol. The van der Waals surface area contributed by atoms with E-state index < -0.39 is 0 Å². The molecule has 1 saturated heterocycles. The molecule has 2 heterocycles. The number of halogens is 2. The summed E-state index contributed by atoms with van der Waals surface area (Å²) in [4.78, 5) is 17.1. The highest BCUT2D eigenvalue weighted by atomic mass is 35.5. The fraction of sp³-hybridized carbons (Fsp3) is 0.333. The summed E-state index contributed by atoms with van der Waals surface area (Å²) < 4.78 is 15.8. The van der Waals surface area contributed by atoms with Gasteiger partial charge in [-0.1, -0.05) is 41.9 Å². The second-order valence-corrected chi connectivity index (χ2v) is 8.38. The van der Waals surface area contributed by atoms with Crippen LogP contribution in [0, 0.1) is 19.7 Å². The fourth-order valence-electron chi connectivity index (χ4n) is 3.96. The molecule has 7 heteroatoms. The summed E-state index contributed by atoms with van der Waals surface area (Å²) in [5, 5.41) is 5.16. The summed E-state index contributed by atoms with van der Waals surface area (Å²) in [5.74, 6) is -0.152. The van der Waals surface area contributed by atoms with Gasteiger partial charge in [-0.25, -0.2) is 4.39 Å². The van der Waals surface area contributed by atoms with Crippen LogP contribution in [0.15, 0.2) is 48.5 Å². The fourth-order valence-corrected chi connectivity index (χ4v) is 4.10. The summed E-state index contributed by atoms with van der Waals surface area (Å²) in [6.45, 7) is 7.67. The van der Waals surface area contributed by atoms with Gasteiger partial charge in [0.15, 0.2) is 0 Å². The SMILES string of the molecule is Cc1nn(Cc2cccc(C(=O)N3CCN(Cc4ccccc4F)CC3)c2)c(C)c1Cl. The Balaban J connectivity index is 1.38. The van der Waals surface area contributed by atoms with Crippen molar-refractivity contribution in [3.8, 4) is 0 Å². The van der Waals surface area contributed by atoms with Crippen LogP contribution in [0.2, 0.25) is 5.02 Å². The van der Waals surface area contributed by atoms with E-state index in [0.717, 1.165) is 30.0 Å². The van der Waals surface area contributed by atoms with E-state index in [4.69, 9.17) is 11.6 Å².